The number of rotatable bonds is 1. The maximum absolute atomic E-state index is 12.2. The summed E-state index contributed by atoms with van der Waals surface area (Å²) in [6.07, 6.45) is -4.64. The van der Waals surface area contributed by atoms with E-state index < -0.39 is 12.0 Å². The average molecular weight is 309 g/mol. The molecule has 92 valence electrons. The van der Waals surface area contributed by atoms with E-state index in [9.17, 15) is 13.2 Å². The van der Waals surface area contributed by atoms with E-state index in [1.165, 1.54) is 4.57 Å². The monoisotopic (exact) mass is 308 g/mol. The zero-order valence-corrected chi connectivity index (χ0v) is 10.3. The number of fused-ring (bicyclic) bond motifs is 1. The molecule has 3 nitrogen and oxygen atoms in total. The first-order chi connectivity index (χ1) is 7.90. The predicted molar refractivity (Wildman–Crippen MR) is 59.2 cm³/mol. The van der Waals surface area contributed by atoms with E-state index in [1.54, 1.807) is 25.1 Å². The lowest BCUT2D eigenvalue weighted by Crippen LogP contribution is -2.20. The molecule has 0 saturated carbocycles. The van der Waals surface area contributed by atoms with Crippen LogP contribution in [0.2, 0.25) is 0 Å². The maximum atomic E-state index is 12.2. The SMILES string of the molecule is CCn1/c(=N\C(F)(F)F)oc2ccc(Br)cc21. The molecule has 0 N–H and O–H groups in total. The molecule has 0 radical (unpaired) electrons. The van der Waals surface area contributed by atoms with Gasteiger partial charge in [-0.05, 0) is 25.1 Å². The Morgan fingerprint density at radius 1 is 1.41 bits per heavy atom. The molecule has 17 heavy (non-hydrogen) atoms. The Morgan fingerprint density at radius 3 is 2.71 bits per heavy atom. The Morgan fingerprint density at radius 2 is 2.12 bits per heavy atom. The van der Waals surface area contributed by atoms with E-state index in [0.717, 1.165) is 4.47 Å². The van der Waals surface area contributed by atoms with Gasteiger partial charge in [0.25, 0.3) is 0 Å². The third-order valence-corrected chi connectivity index (χ3v) is 2.68. The Bertz CT molecular complexity index is 612. The van der Waals surface area contributed by atoms with Gasteiger partial charge in [-0.3, -0.25) is 4.57 Å². The third-order valence-electron chi connectivity index (χ3n) is 2.18. The minimum Gasteiger partial charge on any atom is -0.423 e. The maximum Gasteiger partial charge on any atom is 0.507 e. The predicted octanol–water partition coefficient (Wildman–Crippen LogP) is 3.44. The molecule has 0 atom stereocenters. The summed E-state index contributed by atoms with van der Waals surface area (Å²) in [6, 6.07) is 4.99. The lowest BCUT2D eigenvalue weighted by Gasteiger charge is -1.99. The van der Waals surface area contributed by atoms with Crippen LogP contribution in [0, 0.1) is 0 Å². The number of halogens is 4. The van der Waals surface area contributed by atoms with Crippen molar-refractivity contribution in [2.75, 3.05) is 0 Å². The van der Waals surface area contributed by atoms with Crippen LogP contribution >= 0.6 is 15.9 Å². The summed E-state index contributed by atoms with van der Waals surface area (Å²) in [5.41, 5.74) is 0.510. The van der Waals surface area contributed by atoms with Crippen molar-refractivity contribution in [1.82, 2.24) is 4.57 Å². The second kappa shape index (κ2) is 4.21. The van der Waals surface area contributed by atoms with E-state index in [0.29, 0.717) is 17.6 Å². The molecule has 0 bridgehead atoms. The van der Waals surface area contributed by atoms with Crippen LogP contribution in [0.1, 0.15) is 6.92 Å². The van der Waals surface area contributed by atoms with E-state index in [1.807, 2.05) is 0 Å². The summed E-state index contributed by atoms with van der Waals surface area (Å²) in [4.78, 5) is 2.61. The quantitative estimate of drug-likeness (QED) is 0.742. The van der Waals surface area contributed by atoms with Gasteiger partial charge >= 0.3 is 12.0 Å². The number of hydrogen-bond donors (Lipinski definition) is 0. The van der Waals surface area contributed by atoms with Gasteiger partial charge in [0, 0.05) is 11.0 Å². The third kappa shape index (κ3) is 2.54. The number of hydrogen-bond acceptors (Lipinski definition) is 2. The number of oxazole rings is 1. The molecule has 0 amide bonds. The summed E-state index contributed by atoms with van der Waals surface area (Å²) >= 11 is 3.26. The van der Waals surface area contributed by atoms with Gasteiger partial charge in [-0.15, -0.1) is 18.2 Å². The van der Waals surface area contributed by atoms with E-state index in [4.69, 9.17) is 4.42 Å². The van der Waals surface area contributed by atoms with Crippen LogP contribution < -0.4 is 5.68 Å². The van der Waals surface area contributed by atoms with Crippen LogP contribution in [0.15, 0.2) is 32.1 Å². The molecule has 0 aliphatic heterocycles. The Balaban J connectivity index is 2.77. The van der Waals surface area contributed by atoms with Crippen molar-refractivity contribution in [2.45, 2.75) is 19.8 Å². The molecule has 1 heterocycles. The number of aryl methyl sites for hydroxylation is 1. The number of aromatic nitrogens is 1. The van der Waals surface area contributed by atoms with Crippen LogP contribution in [0.5, 0.6) is 0 Å². The normalized spacial score (nSPS) is 13.6. The van der Waals surface area contributed by atoms with Gasteiger partial charge in [-0.25, -0.2) is 0 Å². The summed E-state index contributed by atoms with van der Waals surface area (Å²) < 4.78 is 43.9. The van der Waals surface area contributed by atoms with Crippen molar-refractivity contribution in [2.24, 2.45) is 4.99 Å². The number of alkyl halides is 3. The van der Waals surface area contributed by atoms with Crippen molar-refractivity contribution in [1.29, 1.82) is 0 Å². The van der Waals surface area contributed by atoms with Gasteiger partial charge in [0.15, 0.2) is 5.58 Å². The first-order valence-corrected chi connectivity index (χ1v) is 5.61. The average Bonchev–Trinajstić information content (AvgIpc) is 2.51. The Labute approximate surface area is 103 Å². The summed E-state index contributed by atoms with van der Waals surface area (Å²) in [6.45, 7) is 2.07. The second-order valence-corrected chi connectivity index (χ2v) is 4.24. The summed E-state index contributed by atoms with van der Waals surface area (Å²) in [5, 5.41) is 0. The first kappa shape index (κ1) is 12.2. The minimum absolute atomic E-state index is 0.346. The molecular formula is C10H8BrF3N2O. The zero-order valence-electron chi connectivity index (χ0n) is 8.75. The van der Waals surface area contributed by atoms with Gasteiger partial charge in [0.1, 0.15) is 0 Å². The highest BCUT2D eigenvalue weighted by atomic mass is 79.9. The Hall–Kier alpha value is -1.24. The smallest absolute Gasteiger partial charge is 0.423 e. The molecule has 0 aliphatic rings. The molecule has 7 heteroatoms. The van der Waals surface area contributed by atoms with Crippen LogP contribution in [-0.2, 0) is 6.54 Å². The standard InChI is InChI=1S/C10H8BrF3N2O/c1-2-16-7-5-6(11)3-4-8(7)17-9(16)15-10(12,13)14/h3-5H,2H2,1H3/b15-9+. The van der Waals surface area contributed by atoms with Crippen molar-refractivity contribution < 1.29 is 17.6 Å². The first-order valence-electron chi connectivity index (χ1n) is 4.82. The van der Waals surface area contributed by atoms with Gasteiger partial charge in [0.05, 0.1) is 5.52 Å². The lowest BCUT2D eigenvalue weighted by atomic mass is 10.3. The van der Waals surface area contributed by atoms with Crippen molar-refractivity contribution >= 4 is 27.0 Å². The highest BCUT2D eigenvalue weighted by Gasteiger charge is 2.27. The van der Waals surface area contributed by atoms with E-state index >= 15 is 0 Å². The molecule has 0 aliphatic carbocycles. The van der Waals surface area contributed by atoms with Crippen molar-refractivity contribution in [3.63, 3.8) is 0 Å². The zero-order chi connectivity index (χ0) is 12.6. The van der Waals surface area contributed by atoms with Gasteiger partial charge < -0.3 is 4.42 Å². The fourth-order valence-corrected chi connectivity index (χ4v) is 1.89. The van der Waals surface area contributed by atoms with E-state index in [-0.39, 0.29) is 0 Å². The Kier molecular flexibility index (Phi) is 3.03. The summed E-state index contributed by atoms with van der Waals surface area (Å²) in [7, 11) is 0. The van der Waals surface area contributed by atoms with Gasteiger partial charge in [-0.2, -0.15) is 0 Å². The molecule has 0 saturated heterocycles. The molecule has 1 aromatic carbocycles. The van der Waals surface area contributed by atoms with Gasteiger partial charge in [0.2, 0.25) is 0 Å². The molecule has 0 spiro atoms. The fourth-order valence-electron chi connectivity index (χ4n) is 1.54. The number of benzene rings is 1. The fraction of sp³-hybridized carbons (Fsp3) is 0.300. The molecule has 0 fully saturated rings. The van der Waals surface area contributed by atoms with Crippen molar-refractivity contribution in [3.8, 4) is 0 Å². The highest BCUT2D eigenvalue weighted by molar-refractivity contribution is 9.10. The van der Waals surface area contributed by atoms with Crippen LogP contribution in [0.4, 0.5) is 13.2 Å². The molecular weight excluding hydrogens is 301 g/mol. The molecule has 0 unspecified atom stereocenters. The topological polar surface area (TPSA) is 30.4 Å². The highest BCUT2D eigenvalue weighted by Crippen LogP contribution is 2.20. The lowest BCUT2D eigenvalue weighted by molar-refractivity contribution is -0.125. The largest absolute Gasteiger partial charge is 0.507 e. The molecule has 2 rings (SSSR count). The molecule has 2 aromatic rings. The van der Waals surface area contributed by atoms with Crippen LogP contribution in [0.25, 0.3) is 11.1 Å². The molecule has 1 aromatic heterocycles. The van der Waals surface area contributed by atoms with E-state index in [2.05, 4.69) is 20.9 Å². The van der Waals surface area contributed by atoms with Crippen LogP contribution in [0.3, 0.4) is 0 Å². The van der Waals surface area contributed by atoms with Crippen molar-refractivity contribution in [3.05, 3.63) is 28.4 Å². The summed E-state index contributed by atoms with van der Waals surface area (Å²) in [5.74, 6) is 0. The minimum atomic E-state index is -4.64. The van der Waals surface area contributed by atoms with Crippen LogP contribution in [-0.4, -0.2) is 10.9 Å². The number of nitrogens with zero attached hydrogens (tertiary/aromatic N) is 2. The second-order valence-electron chi connectivity index (χ2n) is 3.32. The van der Waals surface area contributed by atoms with Gasteiger partial charge in [-0.1, -0.05) is 15.9 Å².